The fourth-order valence-corrected chi connectivity index (χ4v) is 2.80. The summed E-state index contributed by atoms with van der Waals surface area (Å²) in [6.45, 7) is -0.472. The summed E-state index contributed by atoms with van der Waals surface area (Å²) in [4.78, 5) is 11.9. The Morgan fingerprint density at radius 1 is 1.00 bits per heavy atom. The Balaban J connectivity index is 1.29. The molecule has 0 unspecified atom stereocenters. The van der Waals surface area contributed by atoms with E-state index in [-0.39, 0.29) is 25.0 Å². The van der Waals surface area contributed by atoms with Gasteiger partial charge in [0.1, 0.15) is 5.75 Å². The van der Waals surface area contributed by atoms with Crippen molar-refractivity contribution in [3.63, 3.8) is 0 Å². The number of hydrogen-bond acceptors (Lipinski definition) is 7. The normalized spacial score (nSPS) is 10.7. The maximum Gasteiger partial charge on any atom is 0.344 e. The highest BCUT2D eigenvalue weighted by Gasteiger charge is 2.13. The summed E-state index contributed by atoms with van der Waals surface area (Å²) < 4.78 is 21.1. The first-order valence-corrected chi connectivity index (χ1v) is 9.06. The molecular formula is C21H15ClN2O5. The van der Waals surface area contributed by atoms with Crippen LogP contribution in [0.3, 0.4) is 0 Å². The molecule has 29 heavy (non-hydrogen) atoms. The number of benzene rings is 2. The smallest absolute Gasteiger partial charge is 0.344 e. The lowest BCUT2D eigenvalue weighted by Crippen LogP contribution is -2.15. The van der Waals surface area contributed by atoms with Crippen LogP contribution in [0.5, 0.6) is 5.75 Å². The average Bonchev–Trinajstić information content (AvgIpc) is 3.44. The van der Waals surface area contributed by atoms with Crippen molar-refractivity contribution >= 4 is 17.6 Å². The van der Waals surface area contributed by atoms with E-state index in [1.165, 1.54) is 6.26 Å². The Morgan fingerprint density at radius 3 is 2.62 bits per heavy atom. The predicted molar refractivity (Wildman–Crippen MR) is 104 cm³/mol. The third kappa shape index (κ3) is 4.64. The lowest BCUT2D eigenvalue weighted by atomic mass is 10.1. The Hall–Kier alpha value is -3.58. The third-order valence-electron chi connectivity index (χ3n) is 3.94. The van der Waals surface area contributed by atoms with Gasteiger partial charge in [0.05, 0.1) is 11.3 Å². The van der Waals surface area contributed by atoms with E-state index in [9.17, 15) is 4.79 Å². The molecule has 4 rings (SSSR count). The maximum absolute atomic E-state index is 11.9. The predicted octanol–water partition coefficient (Wildman–Crippen LogP) is 4.77. The number of ether oxygens (including phenoxy) is 2. The molecule has 7 nitrogen and oxygen atoms in total. The van der Waals surface area contributed by atoms with Gasteiger partial charge in [-0.3, -0.25) is 0 Å². The average molecular weight is 411 g/mol. The number of carbonyl (C=O) groups excluding carboxylic acids is 1. The lowest BCUT2D eigenvalue weighted by Gasteiger charge is -2.09. The van der Waals surface area contributed by atoms with Crippen molar-refractivity contribution in [1.82, 2.24) is 10.2 Å². The molecular weight excluding hydrogens is 396 g/mol. The number of furan rings is 1. The zero-order chi connectivity index (χ0) is 20.1. The van der Waals surface area contributed by atoms with Gasteiger partial charge in [-0.1, -0.05) is 48.0 Å². The van der Waals surface area contributed by atoms with Crippen molar-refractivity contribution in [3.8, 4) is 28.5 Å². The van der Waals surface area contributed by atoms with E-state index in [0.29, 0.717) is 16.5 Å². The standard InChI is InChI=1S/C21H15ClN2O5/c22-16-11-15(14-5-2-1-3-6-14)8-9-17(16)27-13-20(25)28-12-19-23-24-21(29-19)18-7-4-10-26-18/h1-11H,12-13H2. The van der Waals surface area contributed by atoms with Crippen molar-refractivity contribution in [2.45, 2.75) is 6.61 Å². The van der Waals surface area contributed by atoms with Gasteiger partial charge in [-0.15, -0.1) is 10.2 Å². The molecule has 0 aliphatic rings. The Kier molecular flexibility index (Phi) is 5.58. The lowest BCUT2D eigenvalue weighted by molar-refractivity contribution is -0.148. The number of carbonyl (C=O) groups is 1. The first-order valence-electron chi connectivity index (χ1n) is 8.69. The maximum atomic E-state index is 11.9. The fourth-order valence-electron chi connectivity index (χ4n) is 2.56. The van der Waals surface area contributed by atoms with Gasteiger partial charge in [0.2, 0.25) is 0 Å². The van der Waals surface area contributed by atoms with Gasteiger partial charge in [0, 0.05) is 0 Å². The minimum atomic E-state index is -0.592. The Labute approximate surface area is 170 Å². The van der Waals surface area contributed by atoms with Crippen LogP contribution in [0.4, 0.5) is 0 Å². The van der Waals surface area contributed by atoms with Crippen LogP contribution < -0.4 is 4.74 Å². The number of nitrogens with zero attached hydrogens (tertiary/aromatic N) is 2. The summed E-state index contributed by atoms with van der Waals surface area (Å²) in [6, 6.07) is 18.6. The zero-order valence-electron chi connectivity index (χ0n) is 15.1. The van der Waals surface area contributed by atoms with Gasteiger partial charge in [-0.2, -0.15) is 0 Å². The first-order chi connectivity index (χ1) is 14.2. The van der Waals surface area contributed by atoms with E-state index in [1.54, 1.807) is 24.3 Å². The second kappa shape index (κ2) is 8.62. The minimum Gasteiger partial charge on any atom is -0.480 e. The highest BCUT2D eigenvalue weighted by atomic mass is 35.5. The van der Waals surface area contributed by atoms with Crippen molar-refractivity contribution in [2.24, 2.45) is 0 Å². The molecule has 0 bridgehead atoms. The summed E-state index contributed by atoms with van der Waals surface area (Å²) in [7, 11) is 0. The van der Waals surface area contributed by atoms with Gasteiger partial charge in [-0.05, 0) is 35.4 Å². The molecule has 0 saturated carbocycles. The molecule has 0 aliphatic carbocycles. The van der Waals surface area contributed by atoms with Crippen LogP contribution in [0.1, 0.15) is 5.89 Å². The molecule has 0 atom stereocenters. The number of hydrogen-bond donors (Lipinski definition) is 0. The summed E-state index contributed by atoms with van der Waals surface area (Å²) >= 11 is 6.27. The molecule has 4 aromatic rings. The van der Waals surface area contributed by atoms with Gasteiger partial charge >= 0.3 is 5.97 Å². The van der Waals surface area contributed by atoms with Crippen LogP contribution in [0.2, 0.25) is 5.02 Å². The van der Waals surface area contributed by atoms with Crippen LogP contribution in [0.25, 0.3) is 22.8 Å². The molecule has 146 valence electrons. The van der Waals surface area contributed by atoms with Gasteiger partial charge in [0.15, 0.2) is 19.0 Å². The van der Waals surface area contributed by atoms with Crippen molar-refractivity contribution < 1.29 is 23.1 Å². The molecule has 0 spiro atoms. The van der Waals surface area contributed by atoms with Gasteiger partial charge in [0.25, 0.3) is 11.8 Å². The first kappa shape index (κ1) is 18.8. The van der Waals surface area contributed by atoms with E-state index in [4.69, 9.17) is 29.9 Å². The van der Waals surface area contributed by atoms with Crippen LogP contribution >= 0.6 is 11.6 Å². The minimum absolute atomic E-state index is 0.148. The van der Waals surface area contributed by atoms with Gasteiger partial charge in [-0.25, -0.2) is 4.79 Å². The summed E-state index contributed by atoms with van der Waals surface area (Å²) in [5, 5.41) is 8.03. The Bertz CT molecular complexity index is 1090. The number of esters is 1. The molecule has 0 aliphatic heterocycles. The van der Waals surface area contributed by atoms with Crippen molar-refractivity contribution in [2.75, 3.05) is 6.61 Å². The number of halogens is 1. The quantitative estimate of drug-likeness (QED) is 0.405. The van der Waals surface area contributed by atoms with E-state index >= 15 is 0 Å². The SMILES string of the molecule is O=C(COc1ccc(-c2ccccc2)cc1Cl)OCc1nnc(-c2ccco2)o1. The van der Waals surface area contributed by atoms with Crippen LogP contribution in [0, 0.1) is 0 Å². The zero-order valence-corrected chi connectivity index (χ0v) is 15.8. The van der Waals surface area contributed by atoms with Crippen molar-refractivity contribution in [3.05, 3.63) is 77.8 Å². The van der Waals surface area contributed by atoms with Crippen LogP contribution in [0.15, 0.2) is 75.8 Å². The summed E-state index contributed by atoms with van der Waals surface area (Å²) in [5.41, 5.74) is 1.99. The summed E-state index contributed by atoms with van der Waals surface area (Å²) in [6.07, 6.45) is 1.49. The molecule has 8 heteroatoms. The van der Waals surface area contributed by atoms with E-state index in [2.05, 4.69) is 10.2 Å². The topological polar surface area (TPSA) is 87.6 Å². The monoisotopic (exact) mass is 410 g/mol. The van der Waals surface area contributed by atoms with Crippen molar-refractivity contribution in [1.29, 1.82) is 0 Å². The molecule has 2 heterocycles. The van der Waals surface area contributed by atoms with E-state index in [1.807, 2.05) is 36.4 Å². The van der Waals surface area contributed by atoms with Crippen LogP contribution in [-0.2, 0) is 16.1 Å². The molecule has 0 N–H and O–H groups in total. The molecule has 2 aromatic carbocycles. The van der Waals surface area contributed by atoms with Gasteiger partial charge < -0.3 is 18.3 Å². The molecule has 0 saturated heterocycles. The fraction of sp³-hybridized carbons (Fsp3) is 0.0952. The second-order valence-electron chi connectivity index (χ2n) is 5.94. The molecule has 0 radical (unpaired) electrons. The largest absolute Gasteiger partial charge is 0.480 e. The van der Waals surface area contributed by atoms with Crippen LogP contribution in [-0.4, -0.2) is 22.8 Å². The van der Waals surface area contributed by atoms with E-state index < -0.39 is 5.97 Å². The number of rotatable bonds is 7. The highest BCUT2D eigenvalue weighted by molar-refractivity contribution is 6.32. The summed E-state index contributed by atoms with van der Waals surface area (Å²) in [5.74, 6) is 0.594. The van der Waals surface area contributed by atoms with E-state index in [0.717, 1.165) is 11.1 Å². The molecule has 2 aromatic heterocycles. The Morgan fingerprint density at radius 2 is 1.86 bits per heavy atom. The highest BCUT2D eigenvalue weighted by Crippen LogP contribution is 2.30. The molecule has 0 fully saturated rings. The second-order valence-corrected chi connectivity index (χ2v) is 6.35. The number of aromatic nitrogens is 2. The third-order valence-corrected chi connectivity index (χ3v) is 4.24. The molecule has 0 amide bonds.